The van der Waals surface area contributed by atoms with Gasteiger partial charge in [0, 0.05) is 5.02 Å². The van der Waals surface area contributed by atoms with Crippen LogP contribution in [0.1, 0.15) is 29.7 Å². The first-order valence-electron chi connectivity index (χ1n) is 10.2. The summed E-state index contributed by atoms with van der Waals surface area (Å²) in [6.07, 6.45) is 0. The molecule has 0 radical (unpaired) electrons. The van der Waals surface area contributed by atoms with Crippen LogP contribution in [-0.4, -0.2) is 29.3 Å². The van der Waals surface area contributed by atoms with Crippen molar-refractivity contribution in [1.82, 2.24) is 15.5 Å². The van der Waals surface area contributed by atoms with Crippen LogP contribution < -0.4 is 10.6 Å². The second-order valence-corrected chi connectivity index (χ2v) is 8.21. The third kappa shape index (κ3) is 4.22. The van der Waals surface area contributed by atoms with E-state index >= 15 is 0 Å². The molecule has 1 fully saturated rings. The molecule has 7 heteroatoms. The molecular formula is C25H22ClN3O3. The van der Waals surface area contributed by atoms with Gasteiger partial charge in [0.2, 0.25) is 5.91 Å². The van der Waals surface area contributed by atoms with E-state index in [1.807, 2.05) is 60.7 Å². The van der Waals surface area contributed by atoms with Gasteiger partial charge in [0.25, 0.3) is 5.91 Å². The third-order valence-corrected chi connectivity index (χ3v) is 5.82. The molecule has 4 amide bonds. The van der Waals surface area contributed by atoms with E-state index in [1.54, 1.807) is 31.2 Å². The molecule has 0 aliphatic carbocycles. The predicted molar refractivity (Wildman–Crippen MR) is 122 cm³/mol. The van der Waals surface area contributed by atoms with Crippen molar-refractivity contribution in [2.24, 2.45) is 0 Å². The number of nitrogens with zero attached hydrogens (tertiary/aromatic N) is 1. The van der Waals surface area contributed by atoms with Gasteiger partial charge >= 0.3 is 6.03 Å². The number of halogens is 1. The topological polar surface area (TPSA) is 78.5 Å². The Kier molecular flexibility index (Phi) is 5.97. The number of rotatable bonds is 6. The van der Waals surface area contributed by atoms with Crippen molar-refractivity contribution < 1.29 is 14.4 Å². The van der Waals surface area contributed by atoms with Gasteiger partial charge in [-0.25, -0.2) is 4.79 Å². The number of hydrogen-bond acceptors (Lipinski definition) is 3. The molecule has 3 aromatic rings. The standard InChI is InChI=1S/C25H22ClN3O3/c1-25(19-12-14-20(26)15-13-19)23(31)29(24(32)28-25)16-21(30)27-22(17-8-4-2-5-9-17)18-10-6-3-7-11-18/h2-15,22H,16H2,1H3,(H,27,30)(H,28,32)/t25-/m1/s1. The minimum absolute atomic E-state index is 0.385. The number of imide groups is 1. The van der Waals surface area contributed by atoms with Gasteiger partial charge in [0.05, 0.1) is 6.04 Å². The molecule has 1 atom stereocenters. The largest absolute Gasteiger partial charge is 0.344 e. The lowest BCUT2D eigenvalue weighted by atomic mass is 9.92. The van der Waals surface area contributed by atoms with E-state index in [1.165, 1.54) is 0 Å². The van der Waals surface area contributed by atoms with Crippen LogP contribution in [0.5, 0.6) is 0 Å². The maximum atomic E-state index is 13.1. The fourth-order valence-electron chi connectivity index (χ4n) is 3.82. The van der Waals surface area contributed by atoms with Gasteiger partial charge in [-0.15, -0.1) is 0 Å². The summed E-state index contributed by atoms with van der Waals surface area (Å²) in [6.45, 7) is 1.23. The summed E-state index contributed by atoms with van der Waals surface area (Å²) in [6, 6.07) is 24.7. The van der Waals surface area contributed by atoms with Crippen molar-refractivity contribution in [2.75, 3.05) is 6.54 Å². The monoisotopic (exact) mass is 447 g/mol. The van der Waals surface area contributed by atoms with Crippen LogP contribution in [0.3, 0.4) is 0 Å². The first-order chi connectivity index (χ1) is 15.4. The van der Waals surface area contributed by atoms with E-state index in [4.69, 9.17) is 11.6 Å². The summed E-state index contributed by atoms with van der Waals surface area (Å²) >= 11 is 5.94. The van der Waals surface area contributed by atoms with Crippen LogP contribution in [0.4, 0.5) is 4.79 Å². The highest BCUT2D eigenvalue weighted by atomic mass is 35.5. The Morgan fingerprint density at radius 3 is 2.00 bits per heavy atom. The molecule has 1 heterocycles. The molecule has 0 spiro atoms. The number of benzene rings is 3. The fraction of sp³-hybridized carbons (Fsp3) is 0.160. The summed E-state index contributed by atoms with van der Waals surface area (Å²) in [5, 5.41) is 6.19. The summed E-state index contributed by atoms with van der Waals surface area (Å²) in [7, 11) is 0. The van der Waals surface area contributed by atoms with Crippen molar-refractivity contribution in [1.29, 1.82) is 0 Å². The molecule has 3 aromatic carbocycles. The first-order valence-corrected chi connectivity index (χ1v) is 10.6. The Labute approximate surface area is 191 Å². The number of carbonyl (C=O) groups is 3. The molecule has 4 rings (SSSR count). The maximum absolute atomic E-state index is 13.1. The lowest BCUT2D eigenvalue weighted by Gasteiger charge is -2.23. The number of amides is 4. The van der Waals surface area contributed by atoms with Gasteiger partial charge in [0.15, 0.2) is 0 Å². The smallest absolute Gasteiger partial charge is 0.325 e. The molecule has 1 aliphatic heterocycles. The average molecular weight is 448 g/mol. The normalized spacial score (nSPS) is 18.0. The van der Waals surface area contributed by atoms with Gasteiger partial charge < -0.3 is 10.6 Å². The first kappa shape index (κ1) is 21.6. The van der Waals surface area contributed by atoms with Crippen molar-refractivity contribution in [3.63, 3.8) is 0 Å². The average Bonchev–Trinajstić information content (AvgIpc) is 3.03. The van der Waals surface area contributed by atoms with Crippen LogP contribution in [0.15, 0.2) is 84.9 Å². The molecule has 162 valence electrons. The summed E-state index contributed by atoms with van der Waals surface area (Å²) in [5.74, 6) is -0.928. The Morgan fingerprint density at radius 2 is 1.47 bits per heavy atom. The number of carbonyl (C=O) groups excluding carboxylic acids is 3. The zero-order valence-electron chi connectivity index (χ0n) is 17.4. The van der Waals surface area contributed by atoms with Crippen LogP contribution in [0, 0.1) is 0 Å². The van der Waals surface area contributed by atoms with Gasteiger partial charge in [-0.05, 0) is 35.7 Å². The molecule has 1 aliphatic rings. The van der Waals surface area contributed by atoms with Gasteiger partial charge in [0.1, 0.15) is 12.1 Å². The molecule has 32 heavy (non-hydrogen) atoms. The molecule has 0 saturated carbocycles. The SMILES string of the molecule is C[C@]1(c2ccc(Cl)cc2)NC(=O)N(CC(=O)NC(c2ccccc2)c2ccccc2)C1=O. The summed E-state index contributed by atoms with van der Waals surface area (Å²) in [5.41, 5.74) is 1.13. The fourth-order valence-corrected chi connectivity index (χ4v) is 3.95. The van der Waals surface area contributed by atoms with Crippen LogP contribution in [0.2, 0.25) is 5.02 Å². The molecule has 0 bridgehead atoms. The summed E-state index contributed by atoms with van der Waals surface area (Å²) < 4.78 is 0. The Morgan fingerprint density at radius 1 is 0.938 bits per heavy atom. The molecule has 6 nitrogen and oxygen atoms in total. The zero-order valence-corrected chi connectivity index (χ0v) is 18.2. The Bertz CT molecular complexity index is 1100. The molecular weight excluding hydrogens is 426 g/mol. The third-order valence-electron chi connectivity index (χ3n) is 5.57. The Balaban J connectivity index is 1.53. The highest BCUT2D eigenvalue weighted by molar-refractivity contribution is 6.30. The van der Waals surface area contributed by atoms with Gasteiger partial charge in [-0.3, -0.25) is 14.5 Å². The van der Waals surface area contributed by atoms with Gasteiger partial charge in [-0.1, -0.05) is 84.4 Å². The van der Waals surface area contributed by atoms with Crippen LogP contribution in [-0.2, 0) is 15.1 Å². The summed E-state index contributed by atoms with van der Waals surface area (Å²) in [4.78, 5) is 39.6. The minimum atomic E-state index is -1.26. The van der Waals surface area contributed by atoms with E-state index in [2.05, 4.69) is 10.6 Å². The highest BCUT2D eigenvalue weighted by Gasteiger charge is 2.49. The van der Waals surface area contributed by atoms with Crippen LogP contribution >= 0.6 is 11.6 Å². The van der Waals surface area contributed by atoms with Crippen molar-refractivity contribution >= 4 is 29.4 Å². The number of hydrogen-bond donors (Lipinski definition) is 2. The molecule has 2 N–H and O–H groups in total. The second kappa shape index (κ2) is 8.85. The number of urea groups is 1. The minimum Gasteiger partial charge on any atom is -0.344 e. The molecule has 0 unspecified atom stereocenters. The Hall–Kier alpha value is -3.64. The molecule has 1 saturated heterocycles. The lowest BCUT2D eigenvalue weighted by molar-refractivity contribution is -0.135. The maximum Gasteiger partial charge on any atom is 0.325 e. The van der Waals surface area contributed by atoms with E-state index in [9.17, 15) is 14.4 Å². The number of nitrogens with one attached hydrogen (secondary N) is 2. The molecule has 0 aromatic heterocycles. The van der Waals surface area contributed by atoms with E-state index < -0.39 is 29.4 Å². The van der Waals surface area contributed by atoms with Crippen molar-refractivity contribution in [3.05, 3.63) is 107 Å². The zero-order chi connectivity index (χ0) is 22.7. The van der Waals surface area contributed by atoms with E-state index in [-0.39, 0.29) is 6.54 Å². The van der Waals surface area contributed by atoms with Gasteiger partial charge in [-0.2, -0.15) is 0 Å². The highest BCUT2D eigenvalue weighted by Crippen LogP contribution is 2.30. The predicted octanol–water partition coefficient (Wildman–Crippen LogP) is 4.01. The second-order valence-electron chi connectivity index (χ2n) is 7.78. The quantitative estimate of drug-likeness (QED) is 0.560. The van der Waals surface area contributed by atoms with E-state index in [0.717, 1.165) is 16.0 Å². The van der Waals surface area contributed by atoms with Crippen LogP contribution in [0.25, 0.3) is 0 Å². The lowest BCUT2D eigenvalue weighted by Crippen LogP contribution is -2.44. The van der Waals surface area contributed by atoms with Crippen molar-refractivity contribution in [2.45, 2.75) is 18.5 Å². The van der Waals surface area contributed by atoms with Crippen molar-refractivity contribution in [3.8, 4) is 0 Å². The van der Waals surface area contributed by atoms with E-state index in [0.29, 0.717) is 10.6 Å².